The molecule has 0 bridgehead atoms. The van der Waals surface area contributed by atoms with E-state index in [0.717, 1.165) is 18.5 Å². The van der Waals surface area contributed by atoms with Crippen LogP contribution in [0.2, 0.25) is 0 Å². The summed E-state index contributed by atoms with van der Waals surface area (Å²) < 4.78 is 0. The van der Waals surface area contributed by atoms with Crippen LogP contribution in [0.4, 0.5) is 0 Å². The second kappa shape index (κ2) is 7.08. The molecule has 0 aromatic carbocycles. The molecular weight excluding hydrogens is 232 g/mol. The molecule has 0 aromatic heterocycles. The first-order valence-electron chi connectivity index (χ1n) is 8.64. The first-order valence-corrected chi connectivity index (χ1v) is 8.64. The van der Waals surface area contributed by atoms with Gasteiger partial charge in [-0.2, -0.15) is 0 Å². The van der Waals surface area contributed by atoms with Gasteiger partial charge in [0, 0.05) is 19.1 Å². The zero-order chi connectivity index (χ0) is 13.7. The van der Waals surface area contributed by atoms with E-state index in [9.17, 15) is 0 Å². The van der Waals surface area contributed by atoms with Crippen molar-refractivity contribution in [3.8, 4) is 0 Å². The van der Waals surface area contributed by atoms with Gasteiger partial charge in [0.2, 0.25) is 0 Å². The molecule has 1 aliphatic heterocycles. The van der Waals surface area contributed by atoms with E-state index in [1.54, 1.807) is 0 Å². The maximum atomic E-state index is 3.66. The Labute approximate surface area is 120 Å². The quantitative estimate of drug-likeness (QED) is 0.789. The Morgan fingerprint density at radius 2 is 2.05 bits per heavy atom. The molecule has 3 atom stereocenters. The Bertz CT molecular complexity index is 266. The van der Waals surface area contributed by atoms with Crippen LogP contribution < -0.4 is 5.32 Å². The second-order valence-corrected chi connectivity index (χ2v) is 7.16. The molecule has 1 heterocycles. The molecule has 2 nitrogen and oxygen atoms in total. The van der Waals surface area contributed by atoms with Gasteiger partial charge in [-0.05, 0) is 56.5 Å². The number of rotatable bonds is 6. The highest BCUT2D eigenvalue weighted by Gasteiger charge is 2.38. The average molecular weight is 266 g/mol. The van der Waals surface area contributed by atoms with E-state index >= 15 is 0 Å². The molecule has 112 valence electrons. The highest BCUT2D eigenvalue weighted by Crippen LogP contribution is 2.41. The fourth-order valence-corrected chi connectivity index (χ4v) is 4.52. The monoisotopic (exact) mass is 266 g/mol. The van der Waals surface area contributed by atoms with Gasteiger partial charge in [-0.15, -0.1) is 0 Å². The molecule has 1 aliphatic carbocycles. The van der Waals surface area contributed by atoms with Gasteiger partial charge in [-0.25, -0.2) is 0 Å². The van der Waals surface area contributed by atoms with Crippen molar-refractivity contribution in [1.82, 2.24) is 10.2 Å². The predicted molar refractivity (Wildman–Crippen MR) is 83.5 cm³/mol. The van der Waals surface area contributed by atoms with Crippen molar-refractivity contribution in [1.29, 1.82) is 0 Å². The molecule has 1 saturated heterocycles. The third-order valence-electron chi connectivity index (χ3n) is 5.44. The molecule has 2 rings (SSSR count). The lowest BCUT2D eigenvalue weighted by Crippen LogP contribution is -2.47. The zero-order valence-electron chi connectivity index (χ0n) is 13.4. The Morgan fingerprint density at radius 1 is 1.21 bits per heavy atom. The standard InChI is InChI=1S/C17H34N2/c1-4-16-9-7-11-19(16)14-17(13-18-5-2)10-6-8-15(3)12-17/h15-16,18H,4-14H2,1-3H3. The van der Waals surface area contributed by atoms with Crippen LogP contribution >= 0.6 is 0 Å². The Morgan fingerprint density at radius 3 is 2.74 bits per heavy atom. The molecular formula is C17H34N2. The van der Waals surface area contributed by atoms with Gasteiger partial charge in [-0.1, -0.05) is 33.6 Å². The molecule has 3 unspecified atom stereocenters. The Balaban J connectivity index is 2.00. The fourth-order valence-electron chi connectivity index (χ4n) is 4.52. The summed E-state index contributed by atoms with van der Waals surface area (Å²) in [7, 11) is 0. The Hall–Kier alpha value is -0.0800. The number of likely N-dealkylation sites (tertiary alicyclic amines) is 1. The summed E-state index contributed by atoms with van der Waals surface area (Å²) in [4.78, 5) is 2.81. The minimum Gasteiger partial charge on any atom is -0.316 e. The first-order chi connectivity index (χ1) is 9.19. The van der Waals surface area contributed by atoms with Gasteiger partial charge >= 0.3 is 0 Å². The van der Waals surface area contributed by atoms with Crippen LogP contribution in [0.3, 0.4) is 0 Å². The van der Waals surface area contributed by atoms with E-state index < -0.39 is 0 Å². The van der Waals surface area contributed by atoms with Crippen molar-refractivity contribution >= 4 is 0 Å². The van der Waals surface area contributed by atoms with E-state index in [1.165, 1.54) is 64.6 Å². The summed E-state index contributed by atoms with van der Waals surface area (Å²) in [5, 5.41) is 3.66. The van der Waals surface area contributed by atoms with Crippen molar-refractivity contribution in [2.75, 3.05) is 26.2 Å². The van der Waals surface area contributed by atoms with E-state index in [2.05, 4.69) is 31.0 Å². The molecule has 1 saturated carbocycles. The van der Waals surface area contributed by atoms with Crippen LogP contribution in [0.15, 0.2) is 0 Å². The van der Waals surface area contributed by atoms with E-state index in [4.69, 9.17) is 0 Å². The summed E-state index contributed by atoms with van der Waals surface area (Å²) in [6.45, 7) is 12.1. The van der Waals surface area contributed by atoms with Gasteiger partial charge in [0.05, 0.1) is 0 Å². The lowest BCUT2D eigenvalue weighted by Gasteiger charge is -2.44. The lowest BCUT2D eigenvalue weighted by molar-refractivity contribution is 0.0735. The summed E-state index contributed by atoms with van der Waals surface area (Å²) in [5.74, 6) is 0.926. The van der Waals surface area contributed by atoms with Crippen LogP contribution in [0.1, 0.15) is 65.7 Å². The maximum absolute atomic E-state index is 3.66. The van der Waals surface area contributed by atoms with E-state index in [-0.39, 0.29) is 0 Å². The first kappa shape index (κ1) is 15.3. The summed E-state index contributed by atoms with van der Waals surface area (Å²) >= 11 is 0. The summed E-state index contributed by atoms with van der Waals surface area (Å²) in [6, 6.07) is 0.871. The highest BCUT2D eigenvalue weighted by molar-refractivity contribution is 4.92. The molecule has 2 aliphatic rings. The van der Waals surface area contributed by atoms with Crippen LogP contribution in [0.5, 0.6) is 0 Å². The van der Waals surface area contributed by atoms with Crippen molar-refractivity contribution in [2.24, 2.45) is 11.3 Å². The summed E-state index contributed by atoms with van der Waals surface area (Å²) in [5.41, 5.74) is 0.561. The topological polar surface area (TPSA) is 15.3 Å². The third-order valence-corrected chi connectivity index (χ3v) is 5.44. The molecule has 0 amide bonds. The van der Waals surface area contributed by atoms with Crippen molar-refractivity contribution in [2.45, 2.75) is 71.8 Å². The molecule has 19 heavy (non-hydrogen) atoms. The second-order valence-electron chi connectivity index (χ2n) is 7.16. The van der Waals surface area contributed by atoms with Gasteiger partial charge in [-0.3, -0.25) is 4.90 Å². The number of hydrogen-bond donors (Lipinski definition) is 1. The lowest BCUT2D eigenvalue weighted by atomic mass is 9.69. The van der Waals surface area contributed by atoms with Gasteiger partial charge in [0.25, 0.3) is 0 Å². The van der Waals surface area contributed by atoms with Crippen LogP contribution in [-0.2, 0) is 0 Å². The maximum Gasteiger partial charge on any atom is 0.00933 e. The predicted octanol–water partition coefficient (Wildman–Crippen LogP) is 3.67. The molecule has 2 fully saturated rings. The normalized spacial score (nSPS) is 36.8. The number of hydrogen-bond acceptors (Lipinski definition) is 2. The summed E-state index contributed by atoms with van der Waals surface area (Å²) in [6.07, 6.45) is 9.97. The molecule has 1 N–H and O–H groups in total. The fraction of sp³-hybridized carbons (Fsp3) is 1.00. The van der Waals surface area contributed by atoms with Crippen molar-refractivity contribution in [3.63, 3.8) is 0 Å². The van der Waals surface area contributed by atoms with Crippen molar-refractivity contribution in [3.05, 3.63) is 0 Å². The van der Waals surface area contributed by atoms with Crippen molar-refractivity contribution < 1.29 is 0 Å². The van der Waals surface area contributed by atoms with Gasteiger partial charge in [0.1, 0.15) is 0 Å². The number of nitrogens with one attached hydrogen (secondary N) is 1. The smallest absolute Gasteiger partial charge is 0.00933 e. The molecule has 0 spiro atoms. The van der Waals surface area contributed by atoms with E-state index in [0.29, 0.717) is 5.41 Å². The molecule has 2 heteroatoms. The molecule has 0 radical (unpaired) electrons. The average Bonchev–Trinajstić information content (AvgIpc) is 2.83. The number of nitrogens with zero attached hydrogens (tertiary/aromatic N) is 1. The minimum absolute atomic E-state index is 0.561. The largest absolute Gasteiger partial charge is 0.316 e. The van der Waals surface area contributed by atoms with Gasteiger partial charge in [0.15, 0.2) is 0 Å². The van der Waals surface area contributed by atoms with E-state index in [1.807, 2.05) is 0 Å². The van der Waals surface area contributed by atoms with Gasteiger partial charge < -0.3 is 5.32 Å². The minimum atomic E-state index is 0.561. The van der Waals surface area contributed by atoms with Crippen LogP contribution in [0.25, 0.3) is 0 Å². The van der Waals surface area contributed by atoms with Crippen LogP contribution in [-0.4, -0.2) is 37.1 Å². The molecule has 0 aromatic rings. The zero-order valence-corrected chi connectivity index (χ0v) is 13.4. The van der Waals surface area contributed by atoms with Crippen LogP contribution in [0, 0.1) is 11.3 Å². The SMILES string of the molecule is CCNCC1(CN2CCCC2CC)CCCC(C)C1. The Kier molecular flexibility index (Phi) is 5.70. The highest BCUT2D eigenvalue weighted by atomic mass is 15.2. The third kappa shape index (κ3) is 3.95.